The highest BCUT2D eigenvalue weighted by molar-refractivity contribution is 5.94. The van der Waals surface area contributed by atoms with Crippen LogP contribution in [0.4, 0.5) is 0 Å². The molecule has 0 bridgehead atoms. The van der Waals surface area contributed by atoms with Crippen molar-refractivity contribution < 1.29 is 0 Å². The monoisotopic (exact) mass is 496 g/mol. The maximum Gasteiger partial charge on any atom is 0.159 e. The van der Waals surface area contributed by atoms with Crippen LogP contribution in [0.5, 0.6) is 0 Å². The lowest BCUT2D eigenvalue weighted by Gasteiger charge is -2.28. The van der Waals surface area contributed by atoms with Crippen LogP contribution in [0.25, 0.3) is 11.6 Å². The third kappa shape index (κ3) is 7.30. The summed E-state index contributed by atoms with van der Waals surface area (Å²) < 4.78 is 0. The molecule has 1 aromatic rings. The zero-order valence-electron chi connectivity index (χ0n) is 23.0. The molecule has 3 aliphatic rings. The van der Waals surface area contributed by atoms with Crippen molar-refractivity contribution in [2.75, 3.05) is 13.1 Å². The zero-order chi connectivity index (χ0) is 26.4. The van der Waals surface area contributed by atoms with Crippen LogP contribution in [-0.4, -0.2) is 42.2 Å². The Morgan fingerprint density at radius 2 is 2.00 bits per heavy atom. The van der Waals surface area contributed by atoms with E-state index in [1.807, 2.05) is 6.08 Å². The van der Waals surface area contributed by atoms with Crippen LogP contribution in [0.2, 0.25) is 0 Å². The van der Waals surface area contributed by atoms with E-state index in [0.29, 0.717) is 5.92 Å². The Balaban J connectivity index is 1.58. The number of likely N-dealkylation sites (tertiary alicyclic amines) is 1. The summed E-state index contributed by atoms with van der Waals surface area (Å²) in [6.07, 6.45) is 16.8. The minimum absolute atomic E-state index is 0.0531. The standard InChI is InChI=1S/C33H44N4/c1-7-24(5)30(27-15-16-27)22-29(8-2)34-32-20-25(6)31(35-33(36-32)37-18-9-10-19-37)17-14-26-12-11-13-28(21-26)23(3)4/h7,11-14,17,20-22,27,29,31,33,35H,1,3,5,8-10,15-16,18-19H2,2,4,6H3,(H,34,36). The lowest BCUT2D eigenvalue weighted by atomic mass is 9.99. The normalized spacial score (nSPS) is 23.8. The summed E-state index contributed by atoms with van der Waals surface area (Å²) in [5, 5.41) is 7.57. The van der Waals surface area contributed by atoms with Crippen molar-refractivity contribution in [2.45, 2.75) is 71.2 Å². The average molecular weight is 497 g/mol. The summed E-state index contributed by atoms with van der Waals surface area (Å²) in [7, 11) is 0. The molecule has 2 fully saturated rings. The molecule has 1 saturated heterocycles. The third-order valence-electron chi connectivity index (χ3n) is 7.58. The van der Waals surface area contributed by atoms with E-state index in [2.05, 4.69) is 105 Å². The van der Waals surface area contributed by atoms with Crippen LogP contribution in [0.1, 0.15) is 64.0 Å². The highest BCUT2D eigenvalue weighted by Gasteiger charge is 2.29. The number of nitrogens with zero attached hydrogens (tertiary/aromatic N) is 2. The molecular weight excluding hydrogens is 452 g/mol. The maximum atomic E-state index is 5.20. The SMILES string of the molecule is C=CC(=C)C(=CC(CC)NC1=NC(N2CCCC2)NC(C=Cc2cccc(C(=C)C)c2)C(C)=C1)C1CC1. The topological polar surface area (TPSA) is 39.7 Å². The second-order valence-electron chi connectivity index (χ2n) is 10.7. The largest absolute Gasteiger partial charge is 0.364 e. The van der Waals surface area contributed by atoms with Crippen LogP contribution >= 0.6 is 0 Å². The van der Waals surface area contributed by atoms with Crippen molar-refractivity contribution in [3.63, 3.8) is 0 Å². The van der Waals surface area contributed by atoms with E-state index in [1.54, 1.807) is 0 Å². The molecule has 37 heavy (non-hydrogen) atoms. The van der Waals surface area contributed by atoms with Crippen LogP contribution in [-0.2, 0) is 0 Å². The van der Waals surface area contributed by atoms with Gasteiger partial charge in [-0.25, -0.2) is 4.99 Å². The van der Waals surface area contributed by atoms with Crippen LogP contribution in [0.15, 0.2) is 90.0 Å². The molecule has 4 rings (SSSR count). The predicted molar refractivity (Wildman–Crippen MR) is 160 cm³/mol. The van der Waals surface area contributed by atoms with Gasteiger partial charge in [0.15, 0.2) is 6.29 Å². The van der Waals surface area contributed by atoms with Gasteiger partial charge in [0.1, 0.15) is 5.84 Å². The predicted octanol–water partition coefficient (Wildman–Crippen LogP) is 6.88. The number of rotatable bonds is 10. The molecule has 0 radical (unpaired) electrons. The van der Waals surface area contributed by atoms with Gasteiger partial charge in [-0.1, -0.05) is 74.7 Å². The van der Waals surface area contributed by atoms with Crippen molar-refractivity contribution in [2.24, 2.45) is 10.9 Å². The molecule has 0 amide bonds. The van der Waals surface area contributed by atoms with Gasteiger partial charge in [-0.15, -0.1) is 0 Å². The van der Waals surface area contributed by atoms with Crippen molar-refractivity contribution >= 4 is 17.5 Å². The van der Waals surface area contributed by atoms with E-state index in [0.717, 1.165) is 36.5 Å². The van der Waals surface area contributed by atoms with E-state index in [1.165, 1.54) is 48.0 Å². The minimum Gasteiger partial charge on any atom is -0.364 e. The van der Waals surface area contributed by atoms with E-state index in [9.17, 15) is 0 Å². The Morgan fingerprint density at radius 3 is 2.65 bits per heavy atom. The highest BCUT2D eigenvalue weighted by atomic mass is 15.4. The number of aliphatic imine (C=N–C) groups is 1. The van der Waals surface area contributed by atoms with Gasteiger partial charge in [-0.2, -0.15) is 0 Å². The molecule has 3 atom stereocenters. The number of nitrogens with one attached hydrogen (secondary N) is 2. The summed E-state index contributed by atoms with van der Waals surface area (Å²) in [6, 6.07) is 8.85. The van der Waals surface area contributed by atoms with Gasteiger partial charge in [0.05, 0.1) is 0 Å². The molecule has 2 aliphatic heterocycles. The van der Waals surface area contributed by atoms with Gasteiger partial charge < -0.3 is 5.32 Å². The second kappa shape index (κ2) is 12.5. The Morgan fingerprint density at radius 1 is 1.24 bits per heavy atom. The van der Waals surface area contributed by atoms with Crippen molar-refractivity contribution in [1.29, 1.82) is 0 Å². The fourth-order valence-electron chi connectivity index (χ4n) is 5.06. The first kappa shape index (κ1) is 27.1. The number of hydrogen-bond donors (Lipinski definition) is 2. The molecule has 3 unspecified atom stereocenters. The summed E-state index contributed by atoms with van der Waals surface area (Å²) in [6.45, 7) is 20.9. The van der Waals surface area contributed by atoms with Crippen molar-refractivity contribution in [3.8, 4) is 0 Å². The van der Waals surface area contributed by atoms with Crippen LogP contribution < -0.4 is 10.6 Å². The lowest BCUT2D eigenvalue weighted by molar-refractivity contribution is 0.207. The van der Waals surface area contributed by atoms with Gasteiger partial charge in [-0.05, 0) is 91.9 Å². The van der Waals surface area contributed by atoms with Gasteiger partial charge >= 0.3 is 0 Å². The Kier molecular flexibility index (Phi) is 9.18. The number of amidine groups is 1. The summed E-state index contributed by atoms with van der Waals surface area (Å²) in [4.78, 5) is 7.66. The Hall–Kier alpha value is -2.95. The van der Waals surface area contributed by atoms with E-state index in [4.69, 9.17) is 4.99 Å². The quantitative estimate of drug-likeness (QED) is 0.347. The lowest BCUT2D eigenvalue weighted by Crippen LogP contribution is -2.47. The van der Waals surface area contributed by atoms with Crippen molar-refractivity contribution in [3.05, 3.63) is 96.2 Å². The first-order valence-corrected chi connectivity index (χ1v) is 13.9. The third-order valence-corrected chi connectivity index (χ3v) is 7.58. The van der Waals surface area contributed by atoms with E-state index >= 15 is 0 Å². The number of allylic oxidation sites excluding steroid dienone is 4. The number of benzene rings is 1. The summed E-state index contributed by atoms with van der Waals surface area (Å²) in [5.74, 6) is 1.58. The van der Waals surface area contributed by atoms with Crippen LogP contribution in [0, 0.1) is 5.92 Å². The van der Waals surface area contributed by atoms with Crippen LogP contribution in [0.3, 0.4) is 0 Å². The summed E-state index contributed by atoms with van der Waals surface area (Å²) >= 11 is 0. The van der Waals surface area contributed by atoms with Gasteiger partial charge in [-0.3, -0.25) is 10.2 Å². The minimum atomic E-state index is -0.0531. The molecule has 2 N–H and O–H groups in total. The second-order valence-corrected chi connectivity index (χ2v) is 10.7. The molecule has 4 nitrogen and oxygen atoms in total. The average Bonchev–Trinajstić information content (AvgIpc) is 3.62. The molecule has 1 aliphatic carbocycles. The Bertz CT molecular complexity index is 1120. The highest BCUT2D eigenvalue weighted by Crippen LogP contribution is 2.40. The first-order chi connectivity index (χ1) is 17.9. The van der Waals surface area contributed by atoms with E-state index in [-0.39, 0.29) is 18.4 Å². The molecule has 2 heterocycles. The molecular formula is C33H44N4. The fourth-order valence-corrected chi connectivity index (χ4v) is 5.06. The smallest absolute Gasteiger partial charge is 0.159 e. The molecule has 1 aromatic carbocycles. The molecule has 0 aromatic heterocycles. The maximum absolute atomic E-state index is 5.20. The fraction of sp³-hybridized carbons (Fsp3) is 0.424. The Labute approximate surface area is 224 Å². The zero-order valence-corrected chi connectivity index (χ0v) is 23.0. The van der Waals surface area contributed by atoms with Gasteiger partial charge in [0, 0.05) is 25.2 Å². The van der Waals surface area contributed by atoms with Crippen molar-refractivity contribution in [1.82, 2.24) is 15.5 Å². The molecule has 196 valence electrons. The van der Waals surface area contributed by atoms with Gasteiger partial charge in [0.2, 0.25) is 0 Å². The van der Waals surface area contributed by atoms with E-state index < -0.39 is 0 Å². The molecule has 0 spiro atoms. The van der Waals surface area contributed by atoms with Gasteiger partial charge in [0.25, 0.3) is 0 Å². The summed E-state index contributed by atoms with van der Waals surface area (Å²) in [5.41, 5.74) is 7.08. The number of hydrogen-bond acceptors (Lipinski definition) is 4. The molecule has 4 heteroatoms. The molecule has 1 saturated carbocycles. The first-order valence-electron chi connectivity index (χ1n) is 13.9.